The molecule has 3 aromatic rings. The number of nitrogens with zero attached hydrogens (tertiary/aromatic N) is 2. The number of aromatic amines is 1. The summed E-state index contributed by atoms with van der Waals surface area (Å²) in [7, 11) is 0. The molecule has 24 heavy (non-hydrogen) atoms. The van der Waals surface area contributed by atoms with E-state index < -0.39 is 0 Å². The van der Waals surface area contributed by atoms with Crippen molar-refractivity contribution in [3.05, 3.63) is 65.0 Å². The van der Waals surface area contributed by atoms with Gasteiger partial charge in [0, 0.05) is 16.8 Å². The summed E-state index contributed by atoms with van der Waals surface area (Å²) in [5.74, 6) is -0.256. The fourth-order valence-electron chi connectivity index (χ4n) is 3.30. The molecule has 0 fully saturated rings. The number of H-pyrrole nitrogens is 1. The van der Waals surface area contributed by atoms with Crippen LogP contribution in [0.5, 0.6) is 0 Å². The highest BCUT2D eigenvalue weighted by atomic mass is 16.2. The van der Waals surface area contributed by atoms with Crippen LogP contribution < -0.4 is 5.43 Å². The van der Waals surface area contributed by atoms with E-state index >= 15 is 0 Å². The second-order valence-electron chi connectivity index (χ2n) is 6.05. The van der Waals surface area contributed by atoms with E-state index in [2.05, 4.69) is 38.9 Å². The highest BCUT2D eigenvalue weighted by Gasteiger charge is 2.22. The molecule has 0 radical (unpaired) electrons. The van der Waals surface area contributed by atoms with E-state index in [9.17, 15) is 4.79 Å². The predicted molar refractivity (Wildman–Crippen MR) is 94.2 cm³/mol. The number of hydrogen-bond donors (Lipinski definition) is 2. The van der Waals surface area contributed by atoms with Gasteiger partial charge in [-0.05, 0) is 37.0 Å². The lowest BCUT2D eigenvalue weighted by atomic mass is 10.0. The molecule has 1 aliphatic rings. The van der Waals surface area contributed by atoms with Crippen LogP contribution in [0.3, 0.4) is 0 Å². The number of rotatable bonds is 3. The number of hydrazone groups is 1. The third-order valence-electron chi connectivity index (χ3n) is 4.53. The zero-order valence-corrected chi connectivity index (χ0v) is 13.5. The Bertz CT molecular complexity index is 950. The van der Waals surface area contributed by atoms with Gasteiger partial charge in [-0.3, -0.25) is 9.89 Å². The molecule has 5 nitrogen and oxygen atoms in total. The normalized spacial score (nSPS) is 14.0. The largest absolute Gasteiger partial charge is 0.292 e. The van der Waals surface area contributed by atoms with E-state index in [1.54, 1.807) is 0 Å². The summed E-state index contributed by atoms with van der Waals surface area (Å²) in [5, 5.41) is 13.6. The summed E-state index contributed by atoms with van der Waals surface area (Å²) in [6, 6.07) is 14.2. The molecule has 1 heterocycles. The van der Waals surface area contributed by atoms with E-state index in [4.69, 9.17) is 0 Å². The van der Waals surface area contributed by atoms with Crippen LogP contribution in [0.1, 0.15) is 40.7 Å². The van der Waals surface area contributed by atoms with Crippen LogP contribution in [-0.2, 0) is 12.8 Å². The van der Waals surface area contributed by atoms with Gasteiger partial charge in [0.15, 0.2) is 5.69 Å². The average molecular weight is 318 g/mol. The van der Waals surface area contributed by atoms with E-state index in [1.807, 2.05) is 31.2 Å². The van der Waals surface area contributed by atoms with Gasteiger partial charge in [0.05, 0.1) is 5.71 Å². The lowest BCUT2D eigenvalue weighted by Gasteiger charge is -2.06. The first kappa shape index (κ1) is 14.6. The maximum atomic E-state index is 12.4. The third-order valence-corrected chi connectivity index (χ3v) is 4.53. The van der Waals surface area contributed by atoms with Crippen molar-refractivity contribution in [3.8, 4) is 0 Å². The van der Waals surface area contributed by atoms with Gasteiger partial charge in [0.1, 0.15) is 0 Å². The zero-order chi connectivity index (χ0) is 16.5. The standard InChI is InChI=1S/C19H18N4O/c1-12(14-9-4-7-13-6-2-3-8-15(13)14)20-23-19(24)18-16-10-5-11-17(16)21-22-18/h2-4,6-9H,5,10-11H2,1H3,(H,21,22)(H,23,24). The van der Waals surface area contributed by atoms with E-state index in [0.717, 1.165) is 52.6 Å². The van der Waals surface area contributed by atoms with Crippen molar-refractivity contribution in [2.75, 3.05) is 0 Å². The van der Waals surface area contributed by atoms with E-state index in [-0.39, 0.29) is 5.91 Å². The number of aryl methyl sites for hydroxylation is 1. The molecule has 2 aromatic carbocycles. The van der Waals surface area contributed by atoms with Gasteiger partial charge in [-0.25, -0.2) is 5.43 Å². The maximum absolute atomic E-state index is 12.4. The van der Waals surface area contributed by atoms with Gasteiger partial charge >= 0.3 is 0 Å². The molecule has 1 aromatic heterocycles. The molecule has 1 amide bonds. The first-order valence-electron chi connectivity index (χ1n) is 8.13. The molecular weight excluding hydrogens is 300 g/mol. The number of carbonyl (C=O) groups is 1. The predicted octanol–water partition coefficient (Wildman–Crippen LogP) is 3.21. The highest BCUT2D eigenvalue weighted by Crippen LogP contribution is 2.23. The molecule has 4 rings (SSSR count). The Hall–Kier alpha value is -2.95. The van der Waals surface area contributed by atoms with Gasteiger partial charge in [-0.2, -0.15) is 10.2 Å². The molecule has 0 saturated carbocycles. The molecule has 0 atom stereocenters. The Kier molecular flexibility index (Phi) is 3.61. The topological polar surface area (TPSA) is 70.1 Å². The number of aromatic nitrogens is 2. The number of fused-ring (bicyclic) bond motifs is 2. The molecule has 120 valence electrons. The van der Waals surface area contributed by atoms with Crippen molar-refractivity contribution in [2.45, 2.75) is 26.2 Å². The molecule has 2 N–H and O–H groups in total. The number of amides is 1. The van der Waals surface area contributed by atoms with Crippen molar-refractivity contribution in [3.63, 3.8) is 0 Å². The molecule has 0 unspecified atom stereocenters. The molecule has 0 bridgehead atoms. The van der Waals surface area contributed by atoms with Crippen molar-refractivity contribution in [1.82, 2.24) is 15.6 Å². The molecule has 5 heteroatoms. The van der Waals surface area contributed by atoms with Crippen LogP contribution in [0.15, 0.2) is 47.6 Å². The Morgan fingerprint density at radius 3 is 2.92 bits per heavy atom. The van der Waals surface area contributed by atoms with Crippen LogP contribution in [-0.4, -0.2) is 21.8 Å². The number of benzene rings is 2. The highest BCUT2D eigenvalue weighted by molar-refractivity contribution is 6.10. The molecule has 0 saturated heterocycles. The monoisotopic (exact) mass is 318 g/mol. The minimum Gasteiger partial charge on any atom is -0.281 e. The van der Waals surface area contributed by atoms with Gasteiger partial charge in [0.25, 0.3) is 5.91 Å². The van der Waals surface area contributed by atoms with Crippen LogP contribution in [0, 0.1) is 0 Å². The quantitative estimate of drug-likeness (QED) is 0.575. The Labute approximate surface area is 139 Å². The first-order chi connectivity index (χ1) is 11.7. The summed E-state index contributed by atoms with van der Waals surface area (Å²) < 4.78 is 0. The molecule has 1 aliphatic carbocycles. The second-order valence-corrected chi connectivity index (χ2v) is 6.05. The van der Waals surface area contributed by atoms with E-state index in [1.165, 1.54) is 0 Å². The van der Waals surface area contributed by atoms with Gasteiger partial charge in [-0.15, -0.1) is 0 Å². The van der Waals surface area contributed by atoms with E-state index in [0.29, 0.717) is 5.69 Å². The molecular formula is C19H18N4O. The summed E-state index contributed by atoms with van der Waals surface area (Å²) in [6.45, 7) is 1.90. The third kappa shape index (κ3) is 2.48. The fourth-order valence-corrected chi connectivity index (χ4v) is 3.30. The fraction of sp³-hybridized carbons (Fsp3) is 0.211. The maximum Gasteiger partial charge on any atom is 0.292 e. The van der Waals surface area contributed by atoms with Crippen LogP contribution in [0.25, 0.3) is 10.8 Å². The second kappa shape index (κ2) is 5.92. The molecule has 0 spiro atoms. The van der Waals surface area contributed by atoms with Crippen LogP contribution in [0.2, 0.25) is 0 Å². The summed E-state index contributed by atoms with van der Waals surface area (Å²) in [6.07, 6.45) is 2.94. The Morgan fingerprint density at radius 1 is 1.17 bits per heavy atom. The number of hydrogen-bond acceptors (Lipinski definition) is 3. The van der Waals surface area contributed by atoms with Crippen LogP contribution in [0.4, 0.5) is 0 Å². The summed E-state index contributed by atoms with van der Waals surface area (Å²) in [4.78, 5) is 12.4. The minimum absolute atomic E-state index is 0.256. The van der Waals surface area contributed by atoms with Crippen molar-refractivity contribution in [1.29, 1.82) is 0 Å². The first-order valence-corrected chi connectivity index (χ1v) is 8.13. The number of nitrogens with one attached hydrogen (secondary N) is 2. The van der Waals surface area contributed by atoms with Crippen LogP contribution >= 0.6 is 0 Å². The van der Waals surface area contributed by atoms with Gasteiger partial charge in [-0.1, -0.05) is 42.5 Å². The number of carbonyl (C=O) groups excluding carboxylic acids is 1. The Balaban J connectivity index is 1.60. The van der Waals surface area contributed by atoms with Gasteiger partial charge in [0.2, 0.25) is 0 Å². The van der Waals surface area contributed by atoms with Crippen molar-refractivity contribution < 1.29 is 4.79 Å². The Morgan fingerprint density at radius 2 is 2.00 bits per heavy atom. The molecule has 0 aliphatic heterocycles. The zero-order valence-electron chi connectivity index (χ0n) is 13.5. The summed E-state index contributed by atoms with van der Waals surface area (Å²) in [5.41, 5.74) is 7.01. The lowest BCUT2D eigenvalue weighted by Crippen LogP contribution is -2.21. The SMILES string of the molecule is CC(=NNC(=O)c1n[nH]c2c1CCC2)c1cccc2ccccc12. The van der Waals surface area contributed by atoms with Crippen molar-refractivity contribution in [2.24, 2.45) is 5.10 Å². The van der Waals surface area contributed by atoms with Gasteiger partial charge < -0.3 is 0 Å². The van der Waals surface area contributed by atoms with Crippen molar-refractivity contribution >= 4 is 22.4 Å². The lowest BCUT2D eigenvalue weighted by molar-refractivity contribution is 0.0949. The average Bonchev–Trinajstić information content (AvgIpc) is 3.22. The smallest absolute Gasteiger partial charge is 0.281 e. The minimum atomic E-state index is -0.256. The summed E-state index contributed by atoms with van der Waals surface area (Å²) >= 11 is 0.